The lowest BCUT2D eigenvalue weighted by Gasteiger charge is -2.26. The summed E-state index contributed by atoms with van der Waals surface area (Å²) in [6.45, 7) is 0.952. The van der Waals surface area contributed by atoms with Crippen LogP contribution in [0.15, 0.2) is 36.8 Å². The third kappa shape index (κ3) is 2.11. The molecule has 7 heteroatoms. The Labute approximate surface area is 155 Å². The van der Waals surface area contributed by atoms with Gasteiger partial charge < -0.3 is 9.64 Å². The van der Waals surface area contributed by atoms with Gasteiger partial charge in [-0.2, -0.15) is 0 Å². The molecule has 2 aromatic heterocycles. The molecule has 5 rings (SSSR count). The molecular weight excluding hydrogens is 354 g/mol. The molecule has 3 aliphatic rings. The van der Waals surface area contributed by atoms with Gasteiger partial charge in [-0.15, -0.1) is 0 Å². The van der Waals surface area contributed by atoms with Gasteiger partial charge in [0.2, 0.25) is 5.91 Å². The number of hydrogen-bond acceptors (Lipinski definition) is 5. The SMILES string of the molecule is O=C1O[C@]2(CCN(C(=O)C3(c4ccc(Cl)nc4)CC3)C2)c2ccncc21. The van der Waals surface area contributed by atoms with Gasteiger partial charge >= 0.3 is 5.97 Å². The van der Waals surface area contributed by atoms with E-state index in [4.69, 9.17) is 16.3 Å². The van der Waals surface area contributed by atoms with E-state index in [2.05, 4.69) is 9.97 Å². The number of carbonyl (C=O) groups excluding carboxylic acids is 2. The summed E-state index contributed by atoms with van der Waals surface area (Å²) in [5.74, 6) is -0.275. The fraction of sp³-hybridized carbons (Fsp3) is 0.368. The number of fused-ring (bicyclic) bond motifs is 2. The second kappa shape index (κ2) is 5.27. The predicted molar refractivity (Wildman–Crippen MR) is 92.7 cm³/mol. The van der Waals surface area contributed by atoms with Crippen LogP contribution in [0.1, 0.15) is 40.7 Å². The van der Waals surface area contributed by atoms with E-state index in [0.29, 0.717) is 30.2 Å². The van der Waals surface area contributed by atoms with Gasteiger partial charge in [0.15, 0.2) is 5.60 Å². The van der Waals surface area contributed by atoms with Gasteiger partial charge in [-0.3, -0.25) is 9.78 Å². The average molecular weight is 370 g/mol. The molecule has 1 atom stereocenters. The van der Waals surface area contributed by atoms with Crippen LogP contribution in [0.5, 0.6) is 0 Å². The van der Waals surface area contributed by atoms with Crippen LogP contribution in [0, 0.1) is 0 Å². The van der Waals surface area contributed by atoms with Crippen molar-refractivity contribution in [1.82, 2.24) is 14.9 Å². The lowest BCUT2D eigenvalue weighted by Crippen LogP contribution is -2.40. The molecule has 0 radical (unpaired) electrons. The summed E-state index contributed by atoms with van der Waals surface area (Å²) < 4.78 is 5.71. The molecular formula is C19H16ClN3O3. The zero-order valence-corrected chi connectivity index (χ0v) is 14.7. The quantitative estimate of drug-likeness (QED) is 0.600. The molecule has 0 bridgehead atoms. The third-order valence-electron chi connectivity index (χ3n) is 5.78. The highest BCUT2D eigenvalue weighted by molar-refractivity contribution is 6.29. The lowest BCUT2D eigenvalue weighted by molar-refractivity contribution is -0.134. The Balaban J connectivity index is 1.43. The Morgan fingerprint density at radius 3 is 2.77 bits per heavy atom. The van der Waals surface area contributed by atoms with Crippen LogP contribution >= 0.6 is 11.6 Å². The summed E-state index contributed by atoms with van der Waals surface area (Å²) in [6, 6.07) is 5.42. The van der Waals surface area contributed by atoms with E-state index in [0.717, 1.165) is 24.0 Å². The van der Waals surface area contributed by atoms with Crippen LogP contribution < -0.4 is 0 Å². The number of rotatable bonds is 2. The summed E-state index contributed by atoms with van der Waals surface area (Å²) >= 11 is 5.87. The van der Waals surface area contributed by atoms with Gasteiger partial charge in [-0.05, 0) is 30.5 Å². The second-order valence-electron chi connectivity index (χ2n) is 7.23. The maximum absolute atomic E-state index is 13.3. The number of halogens is 1. The first-order valence-corrected chi connectivity index (χ1v) is 9.01. The molecule has 4 heterocycles. The molecule has 1 aliphatic carbocycles. The first kappa shape index (κ1) is 15.8. The van der Waals surface area contributed by atoms with Gasteiger partial charge in [0.25, 0.3) is 0 Å². The average Bonchev–Trinajstić information content (AvgIpc) is 3.28. The zero-order chi connectivity index (χ0) is 17.9. The second-order valence-corrected chi connectivity index (χ2v) is 7.62. The first-order chi connectivity index (χ1) is 12.5. The van der Waals surface area contributed by atoms with Crippen molar-refractivity contribution in [2.24, 2.45) is 0 Å². The number of ether oxygens (including phenoxy) is 1. The molecule has 0 aromatic carbocycles. The van der Waals surface area contributed by atoms with Crippen LogP contribution in [0.3, 0.4) is 0 Å². The molecule has 1 saturated carbocycles. The van der Waals surface area contributed by atoms with E-state index in [1.807, 2.05) is 17.0 Å². The summed E-state index contributed by atoms with van der Waals surface area (Å²) in [5, 5.41) is 0.417. The Morgan fingerprint density at radius 2 is 2.04 bits per heavy atom. The van der Waals surface area contributed by atoms with Gasteiger partial charge in [0.05, 0.1) is 17.5 Å². The minimum absolute atomic E-state index is 0.0806. The number of amides is 1. The van der Waals surface area contributed by atoms with E-state index >= 15 is 0 Å². The van der Waals surface area contributed by atoms with Crippen molar-refractivity contribution in [3.8, 4) is 0 Å². The van der Waals surface area contributed by atoms with Crippen LogP contribution in [0.25, 0.3) is 0 Å². The number of likely N-dealkylation sites (tertiary alicyclic amines) is 1. The molecule has 2 aliphatic heterocycles. The molecule has 0 N–H and O–H groups in total. The van der Waals surface area contributed by atoms with Crippen molar-refractivity contribution in [2.75, 3.05) is 13.1 Å². The monoisotopic (exact) mass is 369 g/mol. The van der Waals surface area contributed by atoms with E-state index in [9.17, 15) is 9.59 Å². The molecule has 2 fully saturated rings. The van der Waals surface area contributed by atoms with Crippen LogP contribution in [0.2, 0.25) is 5.15 Å². The number of esters is 1. The maximum atomic E-state index is 13.3. The van der Waals surface area contributed by atoms with Crippen LogP contribution in [0.4, 0.5) is 0 Å². The van der Waals surface area contributed by atoms with Crippen molar-refractivity contribution in [3.05, 3.63) is 58.6 Å². The highest BCUT2D eigenvalue weighted by atomic mass is 35.5. The number of carbonyl (C=O) groups is 2. The van der Waals surface area contributed by atoms with Crippen molar-refractivity contribution >= 4 is 23.5 Å². The Bertz CT molecular complexity index is 926. The number of nitrogens with zero attached hydrogens (tertiary/aromatic N) is 3. The zero-order valence-electron chi connectivity index (χ0n) is 13.9. The molecule has 0 unspecified atom stereocenters. The standard InChI is InChI=1S/C19H16ClN3O3/c20-15-2-1-12(9-22-15)18(4-5-18)17(25)23-8-6-19(11-23)14-3-7-21-10-13(14)16(24)26-19/h1-3,7,9-10H,4-6,8,11H2/t19-/m0/s1. The van der Waals surface area contributed by atoms with E-state index < -0.39 is 11.0 Å². The number of aromatic nitrogens is 2. The topological polar surface area (TPSA) is 72.4 Å². The van der Waals surface area contributed by atoms with Gasteiger partial charge in [-0.25, -0.2) is 9.78 Å². The van der Waals surface area contributed by atoms with Crippen molar-refractivity contribution < 1.29 is 14.3 Å². The minimum atomic E-state index is -0.737. The molecule has 6 nitrogen and oxygen atoms in total. The van der Waals surface area contributed by atoms with E-state index in [1.54, 1.807) is 24.7 Å². The highest BCUT2D eigenvalue weighted by Crippen LogP contribution is 2.51. The fourth-order valence-corrected chi connectivity index (χ4v) is 4.32. The highest BCUT2D eigenvalue weighted by Gasteiger charge is 2.57. The molecule has 2 aromatic rings. The van der Waals surface area contributed by atoms with E-state index in [-0.39, 0.29) is 11.9 Å². The molecule has 1 spiro atoms. The Hall–Kier alpha value is -2.47. The predicted octanol–water partition coefficient (Wildman–Crippen LogP) is 2.46. The van der Waals surface area contributed by atoms with Gasteiger partial charge in [0, 0.05) is 37.1 Å². The first-order valence-electron chi connectivity index (χ1n) is 8.63. The molecule has 1 amide bonds. The summed E-state index contributed by atoms with van der Waals surface area (Å²) in [5.41, 5.74) is 1.00. The fourth-order valence-electron chi connectivity index (χ4n) is 4.21. The van der Waals surface area contributed by atoms with Crippen molar-refractivity contribution in [1.29, 1.82) is 0 Å². The van der Waals surface area contributed by atoms with Crippen LogP contribution in [-0.2, 0) is 20.5 Å². The Kier molecular flexibility index (Phi) is 3.19. The number of pyridine rings is 2. The van der Waals surface area contributed by atoms with Gasteiger partial charge in [0.1, 0.15) is 5.15 Å². The summed E-state index contributed by atoms with van der Waals surface area (Å²) in [4.78, 5) is 35.4. The van der Waals surface area contributed by atoms with Crippen LogP contribution in [-0.4, -0.2) is 39.8 Å². The summed E-state index contributed by atoms with van der Waals surface area (Å²) in [6.07, 6.45) is 7.11. The summed E-state index contributed by atoms with van der Waals surface area (Å²) in [7, 11) is 0. The van der Waals surface area contributed by atoms with Crippen molar-refractivity contribution in [2.45, 2.75) is 30.3 Å². The largest absolute Gasteiger partial charge is 0.449 e. The molecule has 1 saturated heterocycles. The normalized spacial score (nSPS) is 25.3. The Morgan fingerprint density at radius 1 is 1.19 bits per heavy atom. The van der Waals surface area contributed by atoms with Gasteiger partial charge in [-0.1, -0.05) is 17.7 Å². The molecule has 132 valence electrons. The lowest BCUT2D eigenvalue weighted by atomic mass is 9.92. The van der Waals surface area contributed by atoms with Crippen molar-refractivity contribution in [3.63, 3.8) is 0 Å². The third-order valence-corrected chi connectivity index (χ3v) is 6.00. The number of hydrogen-bond donors (Lipinski definition) is 0. The maximum Gasteiger partial charge on any atom is 0.341 e. The minimum Gasteiger partial charge on any atom is -0.449 e. The van der Waals surface area contributed by atoms with E-state index in [1.165, 1.54) is 0 Å². The smallest absolute Gasteiger partial charge is 0.341 e. The molecule has 26 heavy (non-hydrogen) atoms.